The van der Waals surface area contributed by atoms with Crippen LogP contribution in [0.2, 0.25) is 0 Å². The van der Waals surface area contributed by atoms with Crippen molar-refractivity contribution in [2.24, 2.45) is 17.3 Å². The Morgan fingerprint density at radius 2 is 2.20 bits per heavy atom. The molecule has 2 nitrogen and oxygen atoms in total. The third-order valence-electron chi connectivity index (χ3n) is 3.10. The van der Waals surface area contributed by atoms with E-state index >= 15 is 0 Å². The predicted molar refractivity (Wildman–Crippen MR) is 37.3 cm³/mol. The second-order valence-corrected chi connectivity index (χ2v) is 4.19. The molecule has 1 saturated carbocycles. The number of hydrogen-bond donors (Lipinski definition) is 1. The molecule has 1 aliphatic carbocycles. The Labute approximate surface area is 61.2 Å². The lowest BCUT2D eigenvalue weighted by atomic mass is 9.57. The van der Waals surface area contributed by atoms with E-state index in [9.17, 15) is 5.11 Å². The van der Waals surface area contributed by atoms with E-state index in [0.29, 0.717) is 17.3 Å². The topological polar surface area (TPSA) is 29.5 Å². The normalized spacial score (nSPS) is 50.1. The Morgan fingerprint density at radius 3 is 2.60 bits per heavy atom. The molecule has 0 aromatic heterocycles. The van der Waals surface area contributed by atoms with Gasteiger partial charge in [0, 0.05) is 5.92 Å². The highest BCUT2D eigenvalue weighted by Crippen LogP contribution is 2.55. The monoisotopic (exact) mass is 142 g/mol. The first-order chi connectivity index (χ1) is 4.61. The first-order valence-corrected chi connectivity index (χ1v) is 3.91. The summed E-state index contributed by atoms with van der Waals surface area (Å²) in [5, 5.41) is 9.23. The van der Waals surface area contributed by atoms with Gasteiger partial charge in [-0.2, -0.15) is 0 Å². The van der Waals surface area contributed by atoms with Crippen molar-refractivity contribution in [2.75, 3.05) is 6.61 Å². The van der Waals surface area contributed by atoms with E-state index in [1.807, 2.05) is 0 Å². The standard InChI is InChI=1S/C8H14O2/c1-8(2)3-5-6(8)4-10-7(5)9/h5-7,9H,3-4H2,1-2H3/t5-,6-,7-/m0/s1. The van der Waals surface area contributed by atoms with Crippen LogP contribution in [-0.4, -0.2) is 18.0 Å². The average molecular weight is 142 g/mol. The summed E-state index contributed by atoms with van der Waals surface area (Å²) in [6, 6.07) is 0. The SMILES string of the molecule is CC1(C)C[C@@H]2[C@@H](O)OC[C@@H]21. The lowest BCUT2D eigenvalue weighted by molar-refractivity contribution is -0.104. The number of rotatable bonds is 0. The maximum atomic E-state index is 9.23. The van der Waals surface area contributed by atoms with Crippen molar-refractivity contribution in [3.05, 3.63) is 0 Å². The minimum absolute atomic E-state index is 0.419. The van der Waals surface area contributed by atoms with Gasteiger partial charge in [0.15, 0.2) is 6.29 Å². The van der Waals surface area contributed by atoms with Crippen LogP contribution in [0.3, 0.4) is 0 Å². The van der Waals surface area contributed by atoms with E-state index in [2.05, 4.69) is 13.8 Å². The zero-order chi connectivity index (χ0) is 7.35. The fraction of sp³-hybridized carbons (Fsp3) is 1.00. The predicted octanol–water partition coefficient (Wildman–Crippen LogP) is 0.997. The number of hydrogen-bond acceptors (Lipinski definition) is 2. The molecule has 1 aliphatic heterocycles. The highest BCUT2D eigenvalue weighted by molar-refractivity contribution is 4.99. The van der Waals surface area contributed by atoms with Crippen LogP contribution in [0.25, 0.3) is 0 Å². The molecular formula is C8H14O2. The fourth-order valence-electron chi connectivity index (χ4n) is 2.29. The molecule has 0 unspecified atom stereocenters. The van der Waals surface area contributed by atoms with E-state index < -0.39 is 6.29 Å². The summed E-state index contributed by atoms with van der Waals surface area (Å²) >= 11 is 0. The van der Waals surface area contributed by atoms with Gasteiger partial charge in [-0.1, -0.05) is 13.8 Å². The summed E-state index contributed by atoms with van der Waals surface area (Å²) in [4.78, 5) is 0. The van der Waals surface area contributed by atoms with E-state index in [1.165, 1.54) is 0 Å². The smallest absolute Gasteiger partial charge is 0.157 e. The minimum atomic E-state index is -0.460. The third kappa shape index (κ3) is 0.663. The Bertz CT molecular complexity index is 153. The minimum Gasteiger partial charge on any atom is -0.368 e. The van der Waals surface area contributed by atoms with Crippen LogP contribution in [0.15, 0.2) is 0 Å². The van der Waals surface area contributed by atoms with Crippen LogP contribution in [0.1, 0.15) is 20.3 Å². The van der Waals surface area contributed by atoms with Gasteiger partial charge in [-0.05, 0) is 17.8 Å². The first-order valence-electron chi connectivity index (χ1n) is 3.91. The van der Waals surface area contributed by atoms with Gasteiger partial charge in [-0.3, -0.25) is 0 Å². The molecule has 0 aromatic rings. The molecule has 0 spiro atoms. The van der Waals surface area contributed by atoms with Gasteiger partial charge >= 0.3 is 0 Å². The third-order valence-corrected chi connectivity index (χ3v) is 3.10. The Kier molecular flexibility index (Phi) is 1.15. The zero-order valence-corrected chi connectivity index (χ0v) is 6.50. The molecule has 2 fully saturated rings. The molecule has 0 bridgehead atoms. The van der Waals surface area contributed by atoms with Gasteiger partial charge in [-0.25, -0.2) is 0 Å². The summed E-state index contributed by atoms with van der Waals surface area (Å²) < 4.78 is 5.13. The lowest BCUT2D eigenvalue weighted by Crippen LogP contribution is -2.45. The quantitative estimate of drug-likeness (QED) is 0.546. The Balaban J connectivity index is 2.09. The first kappa shape index (κ1) is 6.62. The molecular weight excluding hydrogens is 128 g/mol. The van der Waals surface area contributed by atoms with Crippen LogP contribution in [0.4, 0.5) is 0 Å². The van der Waals surface area contributed by atoms with Crippen molar-refractivity contribution in [1.29, 1.82) is 0 Å². The number of ether oxygens (including phenoxy) is 1. The van der Waals surface area contributed by atoms with E-state index in [1.54, 1.807) is 0 Å². The van der Waals surface area contributed by atoms with Crippen LogP contribution < -0.4 is 0 Å². The number of aliphatic hydroxyl groups excluding tert-OH is 1. The largest absolute Gasteiger partial charge is 0.368 e. The average Bonchev–Trinajstić information content (AvgIpc) is 2.09. The highest BCUT2D eigenvalue weighted by atomic mass is 16.6. The summed E-state index contributed by atoms with van der Waals surface area (Å²) in [5.74, 6) is 1.05. The summed E-state index contributed by atoms with van der Waals surface area (Å²) in [7, 11) is 0. The molecule has 0 amide bonds. The lowest BCUT2D eigenvalue weighted by Gasteiger charge is -2.47. The number of aliphatic hydroxyl groups is 1. The Hall–Kier alpha value is -0.0800. The van der Waals surface area contributed by atoms with Crippen molar-refractivity contribution in [3.8, 4) is 0 Å². The molecule has 58 valence electrons. The maximum Gasteiger partial charge on any atom is 0.157 e. The molecule has 10 heavy (non-hydrogen) atoms. The van der Waals surface area contributed by atoms with Crippen LogP contribution in [0, 0.1) is 17.3 Å². The molecule has 1 saturated heterocycles. The van der Waals surface area contributed by atoms with Gasteiger partial charge in [0.2, 0.25) is 0 Å². The molecule has 2 aliphatic rings. The fourth-order valence-corrected chi connectivity index (χ4v) is 2.29. The molecule has 3 atom stereocenters. The van der Waals surface area contributed by atoms with E-state index in [-0.39, 0.29) is 0 Å². The van der Waals surface area contributed by atoms with Gasteiger partial charge in [-0.15, -0.1) is 0 Å². The van der Waals surface area contributed by atoms with Crippen LogP contribution in [0.5, 0.6) is 0 Å². The maximum absolute atomic E-state index is 9.23. The number of fused-ring (bicyclic) bond motifs is 1. The van der Waals surface area contributed by atoms with E-state index in [4.69, 9.17) is 4.74 Å². The van der Waals surface area contributed by atoms with Crippen molar-refractivity contribution < 1.29 is 9.84 Å². The van der Waals surface area contributed by atoms with Gasteiger partial charge in [0.25, 0.3) is 0 Å². The second-order valence-electron chi connectivity index (χ2n) is 4.19. The van der Waals surface area contributed by atoms with Crippen LogP contribution in [-0.2, 0) is 4.74 Å². The summed E-state index contributed by atoms with van der Waals surface area (Å²) in [5.41, 5.74) is 0.419. The molecule has 2 rings (SSSR count). The van der Waals surface area contributed by atoms with E-state index in [0.717, 1.165) is 13.0 Å². The van der Waals surface area contributed by atoms with Gasteiger partial charge < -0.3 is 9.84 Å². The summed E-state index contributed by atoms with van der Waals surface area (Å²) in [6.45, 7) is 5.25. The molecule has 1 heterocycles. The Morgan fingerprint density at radius 1 is 1.50 bits per heavy atom. The van der Waals surface area contributed by atoms with Crippen LogP contribution >= 0.6 is 0 Å². The summed E-state index contributed by atoms with van der Waals surface area (Å²) in [6.07, 6.45) is 0.664. The second kappa shape index (κ2) is 1.74. The molecule has 1 N–H and O–H groups in total. The van der Waals surface area contributed by atoms with Gasteiger partial charge in [0.1, 0.15) is 0 Å². The highest BCUT2D eigenvalue weighted by Gasteiger charge is 2.54. The molecule has 0 aromatic carbocycles. The van der Waals surface area contributed by atoms with Crippen molar-refractivity contribution in [2.45, 2.75) is 26.6 Å². The zero-order valence-electron chi connectivity index (χ0n) is 6.50. The molecule has 0 radical (unpaired) electrons. The van der Waals surface area contributed by atoms with Gasteiger partial charge in [0.05, 0.1) is 6.61 Å². The van der Waals surface area contributed by atoms with Crippen molar-refractivity contribution in [3.63, 3.8) is 0 Å². The van der Waals surface area contributed by atoms with Crippen molar-refractivity contribution in [1.82, 2.24) is 0 Å². The van der Waals surface area contributed by atoms with Crippen molar-refractivity contribution >= 4 is 0 Å². The molecule has 2 heteroatoms.